The highest BCUT2D eigenvalue weighted by atomic mass is 35.5. The predicted octanol–water partition coefficient (Wildman–Crippen LogP) is 1.68. The van der Waals surface area contributed by atoms with Crippen LogP contribution in [0.5, 0.6) is 0 Å². The number of hydrogen-bond acceptors (Lipinski definition) is 4. The van der Waals surface area contributed by atoms with E-state index in [2.05, 4.69) is 5.32 Å². The van der Waals surface area contributed by atoms with Crippen LogP contribution in [0, 0.1) is 5.92 Å². The predicted molar refractivity (Wildman–Crippen MR) is 90.4 cm³/mol. The Bertz CT molecular complexity index is 489. The maximum atomic E-state index is 11.7. The molecule has 23 heavy (non-hydrogen) atoms. The van der Waals surface area contributed by atoms with Crippen molar-refractivity contribution in [3.05, 3.63) is 34.9 Å². The van der Waals surface area contributed by atoms with Crippen molar-refractivity contribution < 1.29 is 14.6 Å². The number of ether oxygens (including phenoxy) is 1. The number of halogens is 1. The zero-order valence-electron chi connectivity index (χ0n) is 13.2. The van der Waals surface area contributed by atoms with Gasteiger partial charge in [-0.05, 0) is 49.4 Å². The summed E-state index contributed by atoms with van der Waals surface area (Å²) in [6.45, 7) is 2.21. The highest BCUT2D eigenvalue weighted by Crippen LogP contribution is 2.22. The van der Waals surface area contributed by atoms with Crippen LogP contribution >= 0.6 is 11.6 Å². The summed E-state index contributed by atoms with van der Waals surface area (Å²) in [7, 11) is 0. The van der Waals surface area contributed by atoms with Crippen LogP contribution in [-0.4, -0.2) is 43.4 Å². The van der Waals surface area contributed by atoms with Crippen LogP contribution in [-0.2, 0) is 9.53 Å². The van der Waals surface area contributed by atoms with Gasteiger partial charge in [0.05, 0.1) is 12.5 Å². The van der Waals surface area contributed by atoms with E-state index in [-0.39, 0.29) is 24.5 Å². The number of rotatable bonds is 8. The standard InChI is InChI=1S/C17H25ClN2O3/c18-14-3-1-12(2-4-14)15(17(19)22)5-8-20-16(11-21)13-6-9-23-10-7-13/h1-4,13,15-16,20-21H,5-11H2,(H2,19,22)/t15-,16?/m1/s1. The van der Waals surface area contributed by atoms with Crippen molar-refractivity contribution in [1.82, 2.24) is 5.32 Å². The monoisotopic (exact) mass is 340 g/mol. The zero-order chi connectivity index (χ0) is 16.7. The molecule has 0 saturated carbocycles. The van der Waals surface area contributed by atoms with Gasteiger partial charge in [0, 0.05) is 24.3 Å². The van der Waals surface area contributed by atoms with Crippen molar-refractivity contribution in [2.24, 2.45) is 11.7 Å². The van der Waals surface area contributed by atoms with Crippen LogP contribution in [0.4, 0.5) is 0 Å². The Morgan fingerprint density at radius 2 is 2.00 bits per heavy atom. The molecule has 2 rings (SSSR count). The molecule has 5 nitrogen and oxygen atoms in total. The molecular weight excluding hydrogens is 316 g/mol. The molecule has 1 aromatic rings. The minimum atomic E-state index is -0.353. The average molecular weight is 341 g/mol. The van der Waals surface area contributed by atoms with Crippen molar-refractivity contribution in [1.29, 1.82) is 0 Å². The Balaban J connectivity index is 1.88. The summed E-state index contributed by atoms with van der Waals surface area (Å²) >= 11 is 5.88. The van der Waals surface area contributed by atoms with Crippen LogP contribution < -0.4 is 11.1 Å². The van der Waals surface area contributed by atoms with Gasteiger partial charge in [-0.1, -0.05) is 23.7 Å². The van der Waals surface area contributed by atoms with E-state index >= 15 is 0 Å². The van der Waals surface area contributed by atoms with E-state index in [0.717, 1.165) is 31.6 Å². The molecule has 0 aliphatic carbocycles. The van der Waals surface area contributed by atoms with E-state index in [1.54, 1.807) is 12.1 Å². The normalized spacial score (nSPS) is 18.5. The molecule has 0 bridgehead atoms. The zero-order valence-corrected chi connectivity index (χ0v) is 14.0. The van der Waals surface area contributed by atoms with Crippen LogP contribution in [0.2, 0.25) is 5.02 Å². The second kappa shape index (κ2) is 9.23. The van der Waals surface area contributed by atoms with E-state index in [1.807, 2.05) is 12.1 Å². The van der Waals surface area contributed by atoms with Crippen molar-refractivity contribution in [2.45, 2.75) is 31.2 Å². The molecule has 1 aliphatic heterocycles. The van der Waals surface area contributed by atoms with E-state index in [4.69, 9.17) is 22.1 Å². The Labute approximate surface area is 142 Å². The van der Waals surface area contributed by atoms with Crippen LogP contribution in [0.25, 0.3) is 0 Å². The van der Waals surface area contributed by atoms with Crippen LogP contribution in [0.1, 0.15) is 30.7 Å². The molecule has 1 unspecified atom stereocenters. The lowest BCUT2D eigenvalue weighted by atomic mass is 9.91. The lowest BCUT2D eigenvalue weighted by Crippen LogP contribution is -2.42. The number of hydrogen-bond donors (Lipinski definition) is 3. The lowest BCUT2D eigenvalue weighted by molar-refractivity contribution is -0.119. The van der Waals surface area contributed by atoms with Gasteiger partial charge < -0.3 is 20.9 Å². The van der Waals surface area contributed by atoms with E-state index < -0.39 is 0 Å². The third-order valence-corrected chi connectivity index (χ3v) is 4.74. The second-order valence-electron chi connectivity index (χ2n) is 5.99. The minimum absolute atomic E-state index is 0.0395. The fourth-order valence-corrected chi connectivity index (χ4v) is 3.21. The highest BCUT2D eigenvalue weighted by Gasteiger charge is 2.24. The summed E-state index contributed by atoms with van der Waals surface area (Å²) in [5, 5.41) is 13.6. The van der Waals surface area contributed by atoms with Gasteiger partial charge in [0.2, 0.25) is 5.91 Å². The molecule has 1 heterocycles. The van der Waals surface area contributed by atoms with E-state index in [1.165, 1.54) is 0 Å². The topological polar surface area (TPSA) is 84.6 Å². The first-order valence-electron chi connectivity index (χ1n) is 8.08. The summed E-state index contributed by atoms with van der Waals surface area (Å²) in [5.41, 5.74) is 6.40. The number of benzene rings is 1. The van der Waals surface area contributed by atoms with Gasteiger partial charge in [-0.15, -0.1) is 0 Å². The maximum absolute atomic E-state index is 11.7. The van der Waals surface area contributed by atoms with Gasteiger partial charge in [0.25, 0.3) is 0 Å². The Morgan fingerprint density at radius 3 is 2.57 bits per heavy atom. The molecular formula is C17H25ClN2O3. The maximum Gasteiger partial charge on any atom is 0.225 e. The number of carbonyl (C=O) groups excluding carboxylic acids is 1. The number of nitrogens with two attached hydrogens (primary N) is 1. The molecule has 2 atom stereocenters. The third kappa shape index (κ3) is 5.46. The Morgan fingerprint density at radius 1 is 1.35 bits per heavy atom. The van der Waals surface area contributed by atoms with Gasteiger partial charge >= 0.3 is 0 Å². The summed E-state index contributed by atoms with van der Waals surface area (Å²) in [6.07, 6.45) is 2.50. The van der Waals surface area contributed by atoms with Crippen LogP contribution in [0.15, 0.2) is 24.3 Å². The average Bonchev–Trinajstić information content (AvgIpc) is 2.57. The lowest BCUT2D eigenvalue weighted by Gasteiger charge is -2.30. The summed E-state index contributed by atoms with van der Waals surface area (Å²) < 4.78 is 5.35. The fraction of sp³-hybridized carbons (Fsp3) is 0.588. The van der Waals surface area contributed by atoms with Crippen molar-refractivity contribution >= 4 is 17.5 Å². The number of primary amides is 1. The summed E-state index contributed by atoms with van der Waals surface area (Å²) in [6, 6.07) is 7.23. The molecule has 1 amide bonds. The molecule has 0 radical (unpaired) electrons. The molecule has 1 fully saturated rings. The third-order valence-electron chi connectivity index (χ3n) is 4.49. The van der Waals surface area contributed by atoms with Crippen LogP contribution in [0.3, 0.4) is 0 Å². The van der Waals surface area contributed by atoms with E-state index in [9.17, 15) is 9.90 Å². The van der Waals surface area contributed by atoms with Crippen molar-refractivity contribution in [3.63, 3.8) is 0 Å². The highest BCUT2D eigenvalue weighted by molar-refractivity contribution is 6.30. The molecule has 4 N–H and O–H groups in total. The number of amides is 1. The molecule has 1 aliphatic rings. The first kappa shape index (κ1) is 18.2. The van der Waals surface area contributed by atoms with Gasteiger partial charge in [-0.3, -0.25) is 4.79 Å². The molecule has 0 spiro atoms. The molecule has 1 aromatic carbocycles. The van der Waals surface area contributed by atoms with Crippen molar-refractivity contribution in [2.75, 3.05) is 26.4 Å². The summed E-state index contributed by atoms with van der Waals surface area (Å²) in [4.78, 5) is 11.7. The minimum Gasteiger partial charge on any atom is -0.395 e. The smallest absolute Gasteiger partial charge is 0.225 e. The molecule has 1 saturated heterocycles. The van der Waals surface area contributed by atoms with Crippen molar-refractivity contribution in [3.8, 4) is 0 Å². The van der Waals surface area contributed by atoms with Gasteiger partial charge in [-0.2, -0.15) is 0 Å². The van der Waals surface area contributed by atoms with Gasteiger partial charge in [0.1, 0.15) is 0 Å². The second-order valence-corrected chi connectivity index (χ2v) is 6.42. The van der Waals surface area contributed by atoms with E-state index in [0.29, 0.717) is 23.9 Å². The first-order chi connectivity index (χ1) is 11.1. The molecule has 128 valence electrons. The SMILES string of the molecule is NC(=O)[C@H](CCNC(CO)C1CCOCC1)c1ccc(Cl)cc1. The van der Waals surface area contributed by atoms with Gasteiger partial charge in [0.15, 0.2) is 0 Å². The number of carbonyl (C=O) groups is 1. The first-order valence-corrected chi connectivity index (χ1v) is 8.46. The van der Waals surface area contributed by atoms with Gasteiger partial charge in [-0.25, -0.2) is 0 Å². The Hall–Kier alpha value is -1.14. The molecule has 6 heteroatoms. The number of aliphatic hydroxyl groups is 1. The Kier molecular flexibility index (Phi) is 7.30. The number of aliphatic hydroxyl groups excluding tert-OH is 1. The fourth-order valence-electron chi connectivity index (χ4n) is 3.08. The number of nitrogens with one attached hydrogen (secondary N) is 1. The summed E-state index contributed by atoms with van der Waals surface area (Å²) in [5.74, 6) is -0.286. The largest absolute Gasteiger partial charge is 0.395 e. The molecule has 0 aromatic heterocycles. The quantitative estimate of drug-likeness (QED) is 0.672.